The lowest BCUT2D eigenvalue weighted by Gasteiger charge is -2.37. The molecule has 0 saturated carbocycles. The van der Waals surface area contributed by atoms with Gasteiger partial charge in [-0.1, -0.05) is 13.0 Å². The molecule has 0 saturated heterocycles. The summed E-state index contributed by atoms with van der Waals surface area (Å²) in [6.07, 6.45) is 8.83. The number of hydrogen-bond donors (Lipinski definition) is 1. The molecule has 0 aromatic carbocycles. The quantitative estimate of drug-likeness (QED) is 0.711. The second-order valence-electron chi connectivity index (χ2n) is 8.72. The monoisotopic (exact) mass is 451 g/mol. The number of nitrogens with zero attached hydrogens (tertiary/aromatic N) is 3. The summed E-state index contributed by atoms with van der Waals surface area (Å²) in [7, 11) is -1.88. The van der Waals surface area contributed by atoms with Crippen molar-refractivity contribution in [3.05, 3.63) is 29.5 Å². The molecule has 2 aliphatic rings. The zero-order valence-electron chi connectivity index (χ0n) is 18.7. The van der Waals surface area contributed by atoms with Gasteiger partial charge in [0.15, 0.2) is 0 Å². The number of likely N-dealkylation sites (N-methyl/N-ethyl adjacent to an activating group) is 1. The van der Waals surface area contributed by atoms with Gasteiger partial charge in [-0.3, -0.25) is 4.79 Å². The van der Waals surface area contributed by atoms with Gasteiger partial charge in [-0.15, -0.1) is 0 Å². The van der Waals surface area contributed by atoms with Crippen molar-refractivity contribution in [1.82, 2.24) is 14.2 Å². The van der Waals surface area contributed by atoms with E-state index in [2.05, 4.69) is 11.1 Å². The molecule has 3 atom stereocenters. The Labute approximate surface area is 185 Å². The Morgan fingerprint density at radius 2 is 2.13 bits per heavy atom. The number of hydrogen-bond acceptors (Lipinski definition) is 6. The Morgan fingerprint density at radius 1 is 1.39 bits per heavy atom. The number of sulfonamides is 1. The number of carbonyl (C=O) groups is 1. The summed E-state index contributed by atoms with van der Waals surface area (Å²) in [6, 6.07) is 1.44. The Hall–Kier alpha value is -1.97. The lowest BCUT2D eigenvalue weighted by molar-refractivity contribution is 0.0373. The van der Waals surface area contributed by atoms with E-state index in [-0.39, 0.29) is 36.9 Å². The SMILES string of the molecule is C[C@@H]1CN([C@H](C)CO)C(=O)c2cc(C3=CCCCC3)cnc2O[C@H]1CN(C)S(C)(=O)=O. The molecule has 1 aromatic heterocycles. The van der Waals surface area contributed by atoms with Crippen LogP contribution in [0.5, 0.6) is 5.88 Å². The fourth-order valence-corrected chi connectivity index (χ4v) is 4.40. The average molecular weight is 452 g/mol. The number of rotatable bonds is 6. The number of ether oxygens (including phenoxy) is 1. The molecule has 0 unspecified atom stereocenters. The minimum Gasteiger partial charge on any atom is -0.472 e. The van der Waals surface area contributed by atoms with Crippen LogP contribution >= 0.6 is 0 Å². The van der Waals surface area contributed by atoms with E-state index in [4.69, 9.17) is 4.74 Å². The number of aliphatic hydroxyl groups is 1. The lowest BCUT2D eigenvalue weighted by atomic mass is 9.93. The van der Waals surface area contributed by atoms with Crippen molar-refractivity contribution in [2.75, 3.05) is 33.0 Å². The number of aliphatic hydroxyl groups excluding tert-OH is 1. The summed E-state index contributed by atoms with van der Waals surface area (Å²) < 4.78 is 31.3. The van der Waals surface area contributed by atoms with Gasteiger partial charge in [0.05, 0.1) is 25.4 Å². The molecule has 1 aliphatic carbocycles. The molecule has 1 amide bonds. The minimum atomic E-state index is -3.39. The Morgan fingerprint density at radius 3 is 2.74 bits per heavy atom. The topological polar surface area (TPSA) is 100 Å². The van der Waals surface area contributed by atoms with Crippen LogP contribution in [-0.4, -0.2) is 78.8 Å². The Kier molecular flexibility index (Phi) is 7.39. The number of allylic oxidation sites excluding steroid dienone is 2. The third-order valence-corrected chi connectivity index (χ3v) is 7.47. The Balaban J connectivity index is 2.02. The predicted molar refractivity (Wildman–Crippen MR) is 119 cm³/mol. The normalized spacial score (nSPS) is 23.5. The molecule has 2 heterocycles. The molecule has 0 spiro atoms. The number of carbonyl (C=O) groups excluding carboxylic acids is 1. The molecule has 0 radical (unpaired) electrons. The lowest BCUT2D eigenvalue weighted by Crippen LogP contribution is -2.50. The first-order valence-corrected chi connectivity index (χ1v) is 12.7. The Bertz CT molecular complexity index is 946. The maximum Gasteiger partial charge on any atom is 0.259 e. The molecule has 9 heteroatoms. The van der Waals surface area contributed by atoms with Crippen LogP contribution in [0.3, 0.4) is 0 Å². The number of aromatic nitrogens is 1. The third-order valence-electron chi connectivity index (χ3n) is 6.19. The number of pyridine rings is 1. The van der Waals surface area contributed by atoms with Gasteiger partial charge >= 0.3 is 0 Å². The molecule has 0 fully saturated rings. The first kappa shape index (κ1) is 23.7. The highest BCUT2D eigenvalue weighted by Crippen LogP contribution is 2.32. The van der Waals surface area contributed by atoms with Crippen molar-refractivity contribution in [1.29, 1.82) is 0 Å². The molecular weight excluding hydrogens is 418 g/mol. The molecule has 172 valence electrons. The first-order valence-electron chi connectivity index (χ1n) is 10.8. The fraction of sp³-hybridized carbons (Fsp3) is 0.636. The van der Waals surface area contributed by atoms with Gasteiger partial charge < -0.3 is 14.7 Å². The summed E-state index contributed by atoms with van der Waals surface area (Å²) in [5, 5.41) is 9.74. The number of amides is 1. The highest BCUT2D eigenvalue weighted by molar-refractivity contribution is 7.88. The van der Waals surface area contributed by atoms with Gasteiger partial charge in [0, 0.05) is 25.7 Å². The van der Waals surface area contributed by atoms with E-state index in [9.17, 15) is 18.3 Å². The summed E-state index contributed by atoms with van der Waals surface area (Å²) >= 11 is 0. The van der Waals surface area contributed by atoms with Crippen LogP contribution in [0.1, 0.15) is 55.5 Å². The largest absolute Gasteiger partial charge is 0.472 e. The molecule has 3 rings (SSSR count). The van der Waals surface area contributed by atoms with Gasteiger partial charge in [0.25, 0.3) is 5.91 Å². The van der Waals surface area contributed by atoms with Crippen molar-refractivity contribution >= 4 is 21.5 Å². The van der Waals surface area contributed by atoms with E-state index >= 15 is 0 Å². The van der Waals surface area contributed by atoms with Crippen molar-refractivity contribution < 1.29 is 23.1 Å². The minimum absolute atomic E-state index is 0.142. The van der Waals surface area contributed by atoms with Gasteiger partial charge in [-0.25, -0.2) is 17.7 Å². The summed E-state index contributed by atoms with van der Waals surface area (Å²) in [5.74, 6) is -0.194. The van der Waals surface area contributed by atoms with Crippen LogP contribution in [-0.2, 0) is 10.0 Å². The van der Waals surface area contributed by atoms with Crippen molar-refractivity contribution in [3.8, 4) is 5.88 Å². The van der Waals surface area contributed by atoms with Crippen LogP contribution in [0, 0.1) is 5.92 Å². The molecular formula is C22H33N3O5S. The zero-order valence-corrected chi connectivity index (χ0v) is 19.6. The van der Waals surface area contributed by atoms with Gasteiger partial charge in [-0.05, 0) is 49.8 Å². The van der Waals surface area contributed by atoms with Gasteiger partial charge in [0.2, 0.25) is 15.9 Å². The molecule has 8 nitrogen and oxygen atoms in total. The zero-order chi connectivity index (χ0) is 22.8. The van der Waals surface area contributed by atoms with Gasteiger partial charge in [-0.2, -0.15) is 0 Å². The summed E-state index contributed by atoms with van der Waals surface area (Å²) in [4.78, 5) is 19.5. The van der Waals surface area contributed by atoms with E-state index in [1.165, 1.54) is 23.3 Å². The van der Waals surface area contributed by atoms with Crippen LogP contribution in [0.2, 0.25) is 0 Å². The highest BCUT2D eigenvalue weighted by Gasteiger charge is 2.35. The van der Waals surface area contributed by atoms with Crippen molar-refractivity contribution in [2.24, 2.45) is 5.92 Å². The number of fused-ring (bicyclic) bond motifs is 1. The van der Waals surface area contributed by atoms with Crippen molar-refractivity contribution in [3.63, 3.8) is 0 Å². The molecule has 31 heavy (non-hydrogen) atoms. The summed E-state index contributed by atoms with van der Waals surface area (Å²) in [5.41, 5.74) is 2.44. The molecule has 1 N–H and O–H groups in total. The molecule has 1 aromatic rings. The van der Waals surface area contributed by atoms with E-state index in [0.29, 0.717) is 12.1 Å². The van der Waals surface area contributed by atoms with Crippen LogP contribution in [0.15, 0.2) is 18.3 Å². The molecule has 1 aliphatic heterocycles. The van der Waals surface area contributed by atoms with Gasteiger partial charge in [0.1, 0.15) is 11.7 Å². The second-order valence-corrected chi connectivity index (χ2v) is 10.8. The maximum atomic E-state index is 13.4. The van der Waals surface area contributed by atoms with Crippen LogP contribution in [0.25, 0.3) is 5.57 Å². The first-order chi connectivity index (χ1) is 14.6. The van der Waals surface area contributed by atoms with Crippen LogP contribution in [0.4, 0.5) is 0 Å². The maximum absolute atomic E-state index is 13.4. The van der Waals surface area contributed by atoms with E-state index in [1.54, 1.807) is 18.0 Å². The standard InChI is InChI=1S/C22H33N3O5S/c1-15-12-25(16(2)14-26)22(27)19-10-18(17-8-6-5-7-9-17)11-23-21(19)30-20(15)13-24(3)31(4,28)29/h8,10-11,15-16,20,26H,5-7,9,12-14H2,1-4H3/t15-,16-,20+/m1/s1. The summed E-state index contributed by atoms with van der Waals surface area (Å²) in [6.45, 7) is 4.03. The average Bonchev–Trinajstić information content (AvgIpc) is 2.75. The van der Waals surface area contributed by atoms with Crippen molar-refractivity contribution in [2.45, 2.75) is 51.7 Å². The van der Waals surface area contributed by atoms with E-state index < -0.39 is 16.1 Å². The highest BCUT2D eigenvalue weighted by atomic mass is 32.2. The van der Waals surface area contributed by atoms with Crippen LogP contribution < -0.4 is 4.74 Å². The third kappa shape index (κ3) is 5.45. The van der Waals surface area contributed by atoms with E-state index in [1.807, 2.05) is 13.0 Å². The molecule has 0 bridgehead atoms. The smallest absolute Gasteiger partial charge is 0.259 e. The fourth-order valence-electron chi connectivity index (χ4n) is 3.98. The predicted octanol–water partition coefficient (Wildman–Crippen LogP) is 2.15. The van der Waals surface area contributed by atoms with E-state index in [0.717, 1.165) is 31.1 Å². The second kappa shape index (κ2) is 9.67.